The van der Waals surface area contributed by atoms with Crippen molar-refractivity contribution in [2.24, 2.45) is 4.99 Å². The van der Waals surface area contributed by atoms with Gasteiger partial charge in [-0.2, -0.15) is 0 Å². The van der Waals surface area contributed by atoms with Crippen LogP contribution in [0.2, 0.25) is 0 Å². The van der Waals surface area contributed by atoms with Crippen LogP contribution in [-0.4, -0.2) is 31.4 Å². The molecule has 3 heteroatoms. The fraction of sp³-hybridized carbons (Fsp3) is 0.562. The molecule has 0 unspecified atom stereocenters. The second-order valence-corrected chi connectivity index (χ2v) is 5.72. The molecular weight excluding hydrogens is 236 g/mol. The summed E-state index contributed by atoms with van der Waals surface area (Å²) in [6, 6.07) is 4.45. The van der Waals surface area contributed by atoms with E-state index in [2.05, 4.69) is 49.7 Å². The van der Waals surface area contributed by atoms with E-state index in [1.54, 1.807) is 0 Å². The van der Waals surface area contributed by atoms with Crippen LogP contribution in [-0.2, 0) is 16.8 Å². The van der Waals surface area contributed by atoms with Crippen LogP contribution >= 0.6 is 0 Å². The van der Waals surface area contributed by atoms with E-state index in [1.807, 2.05) is 13.4 Å². The van der Waals surface area contributed by atoms with Crippen LogP contribution in [0.3, 0.4) is 0 Å². The van der Waals surface area contributed by atoms with E-state index in [0.29, 0.717) is 0 Å². The predicted molar refractivity (Wildman–Crippen MR) is 80.3 cm³/mol. The molecule has 1 aliphatic rings. The molecule has 0 radical (unpaired) electrons. The average Bonchev–Trinajstić information content (AvgIpc) is 2.36. The Morgan fingerprint density at radius 1 is 1.42 bits per heavy atom. The van der Waals surface area contributed by atoms with Crippen LogP contribution in [0, 0.1) is 6.92 Å². The molecule has 0 atom stereocenters. The summed E-state index contributed by atoms with van der Waals surface area (Å²) >= 11 is 0. The molecule has 0 bridgehead atoms. The van der Waals surface area contributed by atoms with Crippen molar-refractivity contribution in [3.63, 3.8) is 0 Å². The number of benzene rings is 1. The maximum atomic E-state index is 5.86. The van der Waals surface area contributed by atoms with Crippen molar-refractivity contribution in [3.8, 4) is 0 Å². The number of rotatable bonds is 3. The van der Waals surface area contributed by atoms with Crippen molar-refractivity contribution in [2.75, 3.05) is 20.2 Å². The van der Waals surface area contributed by atoms with Gasteiger partial charge in [0.2, 0.25) is 0 Å². The summed E-state index contributed by atoms with van der Waals surface area (Å²) in [5.41, 5.74) is 4.77. The molecule has 3 nitrogen and oxygen atoms in total. The Morgan fingerprint density at radius 3 is 2.84 bits per heavy atom. The lowest BCUT2D eigenvalue weighted by molar-refractivity contribution is -0.0315. The Bertz CT molecular complexity index is 492. The fourth-order valence-corrected chi connectivity index (χ4v) is 2.38. The largest absolute Gasteiger partial charge is 0.371 e. The minimum atomic E-state index is -0.180. The Kier molecular flexibility index (Phi) is 3.95. The van der Waals surface area contributed by atoms with Gasteiger partial charge in [0.05, 0.1) is 24.2 Å². The van der Waals surface area contributed by atoms with Gasteiger partial charge < -0.3 is 9.64 Å². The van der Waals surface area contributed by atoms with Gasteiger partial charge in [-0.05, 0) is 56.9 Å². The Morgan fingerprint density at radius 2 is 2.16 bits per heavy atom. The van der Waals surface area contributed by atoms with Crippen LogP contribution in [0.5, 0.6) is 0 Å². The van der Waals surface area contributed by atoms with E-state index < -0.39 is 0 Å². The van der Waals surface area contributed by atoms with E-state index in [9.17, 15) is 0 Å². The van der Waals surface area contributed by atoms with Gasteiger partial charge >= 0.3 is 0 Å². The maximum absolute atomic E-state index is 5.86. The minimum absolute atomic E-state index is 0.180. The molecule has 1 aromatic rings. The minimum Gasteiger partial charge on any atom is -0.371 e. The number of hydrogen-bond donors (Lipinski definition) is 0. The topological polar surface area (TPSA) is 24.8 Å². The molecule has 19 heavy (non-hydrogen) atoms. The summed E-state index contributed by atoms with van der Waals surface area (Å²) in [5.74, 6) is 0. The quantitative estimate of drug-likeness (QED) is 0.614. The molecule has 1 aliphatic heterocycles. The molecule has 1 aromatic carbocycles. The van der Waals surface area contributed by atoms with Gasteiger partial charge in [0, 0.05) is 13.6 Å². The van der Waals surface area contributed by atoms with Crippen molar-refractivity contribution in [1.29, 1.82) is 0 Å². The third kappa shape index (κ3) is 2.98. The molecular formula is C16H24N2O. The van der Waals surface area contributed by atoms with Gasteiger partial charge in [0.25, 0.3) is 0 Å². The first-order chi connectivity index (χ1) is 8.94. The maximum Gasteiger partial charge on any atom is 0.0909 e. The second kappa shape index (κ2) is 5.33. The molecule has 0 aliphatic carbocycles. The van der Waals surface area contributed by atoms with Crippen LogP contribution in [0.15, 0.2) is 17.1 Å². The van der Waals surface area contributed by atoms with Crippen molar-refractivity contribution >= 4 is 12.0 Å². The summed E-state index contributed by atoms with van der Waals surface area (Å²) in [4.78, 5) is 6.67. The smallest absolute Gasteiger partial charge is 0.0909 e. The third-order valence-electron chi connectivity index (χ3n) is 3.80. The molecule has 0 aromatic heterocycles. The van der Waals surface area contributed by atoms with Gasteiger partial charge in [-0.1, -0.05) is 6.07 Å². The second-order valence-electron chi connectivity index (χ2n) is 5.72. The van der Waals surface area contributed by atoms with E-state index in [-0.39, 0.29) is 5.60 Å². The highest BCUT2D eigenvalue weighted by Crippen LogP contribution is 2.36. The number of aliphatic imine (C=N–C) groups is 1. The number of hydrogen-bond acceptors (Lipinski definition) is 2. The van der Waals surface area contributed by atoms with Crippen LogP contribution in [0.1, 0.15) is 37.5 Å². The molecule has 0 spiro atoms. The SMILES string of the molecule is CCN(C)/C=N/c1cc2c(cc1C)C(C)(C)OCC2. The summed E-state index contributed by atoms with van der Waals surface area (Å²) in [6.07, 6.45) is 2.88. The summed E-state index contributed by atoms with van der Waals surface area (Å²) in [5, 5.41) is 0. The summed E-state index contributed by atoms with van der Waals surface area (Å²) in [7, 11) is 2.04. The first-order valence-corrected chi connectivity index (χ1v) is 6.96. The highest BCUT2D eigenvalue weighted by atomic mass is 16.5. The third-order valence-corrected chi connectivity index (χ3v) is 3.80. The monoisotopic (exact) mass is 260 g/mol. The molecule has 0 saturated heterocycles. The highest BCUT2D eigenvalue weighted by Gasteiger charge is 2.28. The van der Waals surface area contributed by atoms with E-state index in [4.69, 9.17) is 4.74 Å². The molecule has 0 amide bonds. The molecule has 2 rings (SSSR count). The zero-order valence-corrected chi connectivity index (χ0v) is 12.7. The fourth-order valence-electron chi connectivity index (χ4n) is 2.38. The Hall–Kier alpha value is -1.35. The van der Waals surface area contributed by atoms with Gasteiger partial charge in [0.15, 0.2) is 0 Å². The number of aryl methyl sites for hydroxylation is 1. The zero-order valence-electron chi connectivity index (χ0n) is 12.7. The van der Waals surface area contributed by atoms with E-state index in [0.717, 1.165) is 25.3 Å². The van der Waals surface area contributed by atoms with E-state index in [1.165, 1.54) is 16.7 Å². The van der Waals surface area contributed by atoms with Crippen LogP contribution < -0.4 is 0 Å². The Labute approximate surface area is 116 Å². The lowest BCUT2D eigenvalue weighted by Crippen LogP contribution is -2.29. The van der Waals surface area contributed by atoms with Crippen molar-refractivity contribution in [1.82, 2.24) is 4.90 Å². The zero-order chi connectivity index (χ0) is 14.0. The molecule has 0 N–H and O–H groups in total. The van der Waals surface area contributed by atoms with E-state index >= 15 is 0 Å². The Balaban J connectivity index is 2.36. The van der Waals surface area contributed by atoms with Gasteiger partial charge in [-0.3, -0.25) is 0 Å². The van der Waals surface area contributed by atoms with Crippen molar-refractivity contribution < 1.29 is 4.74 Å². The van der Waals surface area contributed by atoms with Crippen molar-refractivity contribution in [3.05, 3.63) is 28.8 Å². The summed E-state index contributed by atoms with van der Waals surface area (Å²) < 4.78 is 5.86. The predicted octanol–water partition coefficient (Wildman–Crippen LogP) is 3.41. The first-order valence-electron chi connectivity index (χ1n) is 6.96. The van der Waals surface area contributed by atoms with Gasteiger partial charge in [-0.15, -0.1) is 0 Å². The van der Waals surface area contributed by atoms with Gasteiger partial charge in [0.1, 0.15) is 0 Å². The van der Waals surface area contributed by atoms with Crippen LogP contribution in [0.25, 0.3) is 0 Å². The normalized spacial score (nSPS) is 17.5. The number of fused-ring (bicyclic) bond motifs is 1. The molecule has 0 fully saturated rings. The number of ether oxygens (including phenoxy) is 1. The average molecular weight is 260 g/mol. The first kappa shape index (κ1) is 14.1. The standard InChI is InChI=1S/C16H24N2O/c1-6-18(5)11-17-15-10-13-7-8-19-16(3,4)14(13)9-12(15)2/h9-11H,6-8H2,1-5H3/b17-11+. The lowest BCUT2D eigenvalue weighted by atomic mass is 9.87. The number of nitrogens with zero attached hydrogens (tertiary/aromatic N) is 2. The summed E-state index contributed by atoms with van der Waals surface area (Å²) in [6.45, 7) is 10.3. The highest BCUT2D eigenvalue weighted by molar-refractivity contribution is 5.64. The van der Waals surface area contributed by atoms with Gasteiger partial charge in [-0.25, -0.2) is 4.99 Å². The van der Waals surface area contributed by atoms with Crippen LogP contribution in [0.4, 0.5) is 5.69 Å². The molecule has 1 heterocycles. The lowest BCUT2D eigenvalue weighted by Gasteiger charge is -2.33. The molecule has 104 valence electrons. The molecule has 0 saturated carbocycles. The van der Waals surface area contributed by atoms with Crippen molar-refractivity contribution in [2.45, 2.75) is 39.7 Å².